The van der Waals surface area contributed by atoms with Crippen LogP contribution in [0.15, 0.2) is 53.1 Å². The van der Waals surface area contributed by atoms with Gasteiger partial charge >= 0.3 is 0 Å². The van der Waals surface area contributed by atoms with Gasteiger partial charge < -0.3 is 14.9 Å². The van der Waals surface area contributed by atoms with Gasteiger partial charge in [-0.25, -0.2) is 4.98 Å². The minimum absolute atomic E-state index is 0.168. The van der Waals surface area contributed by atoms with E-state index < -0.39 is 0 Å². The zero-order valence-corrected chi connectivity index (χ0v) is 13.9. The molecule has 2 aromatic heterocycles. The van der Waals surface area contributed by atoms with Crippen molar-refractivity contribution in [1.29, 1.82) is 0 Å². The quantitative estimate of drug-likeness (QED) is 0.655. The van der Waals surface area contributed by atoms with Gasteiger partial charge in [0.15, 0.2) is 5.76 Å². The van der Waals surface area contributed by atoms with Crippen molar-refractivity contribution in [1.82, 2.24) is 9.97 Å². The number of nitrogen functional groups attached to an aromatic ring is 1. The molecule has 0 saturated carbocycles. The van der Waals surface area contributed by atoms with E-state index in [0.717, 1.165) is 9.99 Å². The average Bonchev–Trinajstić information content (AvgIpc) is 3.05. The molecule has 22 heavy (non-hydrogen) atoms. The molecule has 0 atom stereocenters. The zero-order valence-electron chi connectivity index (χ0n) is 11.7. The highest BCUT2D eigenvalue weighted by Crippen LogP contribution is 2.30. The summed E-state index contributed by atoms with van der Waals surface area (Å²) in [6.07, 6.45) is 2.40. The fourth-order valence-electron chi connectivity index (χ4n) is 2.03. The predicted molar refractivity (Wildman–Crippen MR) is 92.5 cm³/mol. The second-order valence-electron chi connectivity index (χ2n) is 4.61. The van der Waals surface area contributed by atoms with E-state index in [1.165, 1.54) is 5.56 Å². The van der Waals surface area contributed by atoms with E-state index in [2.05, 4.69) is 44.7 Å². The van der Waals surface area contributed by atoms with Crippen LogP contribution in [0, 0.1) is 3.57 Å². The van der Waals surface area contributed by atoms with E-state index in [1.807, 2.05) is 24.3 Å². The van der Waals surface area contributed by atoms with Crippen LogP contribution in [0.25, 0.3) is 11.5 Å². The van der Waals surface area contributed by atoms with Crippen molar-refractivity contribution in [3.8, 4) is 17.3 Å². The summed E-state index contributed by atoms with van der Waals surface area (Å²) in [6, 6.07) is 13.8. The number of ether oxygens (including phenoxy) is 1. The van der Waals surface area contributed by atoms with Gasteiger partial charge in [0.05, 0.1) is 12.9 Å². The number of nitrogens with zero attached hydrogens (tertiary/aromatic N) is 2. The Hall–Kier alpha value is -2.09. The van der Waals surface area contributed by atoms with Crippen molar-refractivity contribution >= 4 is 28.5 Å². The minimum Gasteiger partial charge on any atom is -0.476 e. The lowest BCUT2D eigenvalue weighted by atomic mass is 10.2. The molecular formula is C16H14IN3O2. The molecule has 0 aliphatic heterocycles. The number of nitrogens with two attached hydrogens (primary N) is 1. The van der Waals surface area contributed by atoms with E-state index in [0.29, 0.717) is 23.9 Å². The number of benzene rings is 1. The highest BCUT2D eigenvalue weighted by Gasteiger charge is 2.16. The molecule has 112 valence electrons. The van der Waals surface area contributed by atoms with Crippen molar-refractivity contribution in [3.63, 3.8) is 0 Å². The molecule has 6 heteroatoms. The molecular weight excluding hydrogens is 393 g/mol. The smallest absolute Gasteiger partial charge is 0.232 e. The van der Waals surface area contributed by atoms with Crippen molar-refractivity contribution in [2.75, 3.05) is 12.3 Å². The lowest BCUT2D eigenvalue weighted by Gasteiger charge is -2.10. The van der Waals surface area contributed by atoms with Crippen LogP contribution in [0.4, 0.5) is 5.95 Å². The van der Waals surface area contributed by atoms with Crippen LogP contribution in [0.3, 0.4) is 0 Å². The molecule has 0 unspecified atom stereocenters. The van der Waals surface area contributed by atoms with Gasteiger partial charge in [-0.15, -0.1) is 0 Å². The number of furan rings is 1. The van der Waals surface area contributed by atoms with Crippen LogP contribution in [0.2, 0.25) is 0 Å². The first-order valence-corrected chi connectivity index (χ1v) is 7.85. The van der Waals surface area contributed by atoms with E-state index in [9.17, 15) is 0 Å². The van der Waals surface area contributed by atoms with Crippen LogP contribution in [0.5, 0.6) is 5.88 Å². The molecule has 2 N–H and O–H groups in total. The van der Waals surface area contributed by atoms with E-state index in [-0.39, 0.29) is 5.95 Å². The Morgan fingerprint density at radius 1 is 1.09 bits per heavy atom. The zero-order chi connectivity index (χ0) is 15.4. The highest BCUT2D eigenvalue weighted by atomic mass is 127. The van der Waals surface area contributed by atoms with Crippen LogP contribution in [-0.4, -0.2) is 16.6 Å². The summed E-state index contributed by atoms with van der Waals surface area (Å²) in [5.41, 5.74) is 7.63. The lowest BCUT2D eigenvalue weighted by Crippen LogP contribution is -2.07. The van der Waals surface area contributed by atoms with Gasteiger partial charge in [-0.3, -0.25) is 0 Å². The number of rotatable bonds is 5. The summed E-state index contributed by atoms with van der Waals surface area (Å²) >= 11 is 2.15. The Morgan fingerprint density at radius 3 is 2.64 bits per heavy atom. The lowest BCUT2D eigenvalue weighted by molar-refractivity contribution is 0.307. The average molecular weight is 407 g/mol. The van der Waals surface area contributed by atoms with Gasteiger partial charge in [0, 0.05) is 6.42 Å². The molecule has 2 heterocycles. The molecule has 3 aromatic rings. The Bertz CT molecular complexity index is 746. The first-order valence-electron chi connectivity index (χ1n) is 6.77. The number of hydrogen-bond donors (Lipinski definition) is 1. The van der Waals surface area contributed by atoms with Crippen LogP contribution in [0.1, 0.15) is 5.56 Å². The monoisotopic (exact) mass is 407 g/mol. The Morgan fingerprint density at radius 2 is 1.91 bits per heavy atom. The molecule has 0 aliphatic carbocycles. The van der Waals surface area contributed by atoms with Crippen molar-refractivity contribution in [2.45, 2.75) is 6.42 Å². The summed E-state index contributed by atoms with van der Waals surface area (Å²) in [5.74, 6) is 1.29. The van der Waals surface area contributed by atoms with E-state index in [4.69, 9.17) is 14.9 Å². The first-order chi connectivity index (χ1) is 10.7. The Balaban J connectivity index is 1.76. The number of anilines is 1. The fraction of sp³-hybridized carbons (Fsp3) is 0.125. The summed E-state index contributed by atoms with van der Waals surface area (Å²) in [5, 5.41) is 0. The molecule has 0 amide bonds. The topological polar surface area (TPSA) is 74.2 Å². The molecule has 0 aliphatic rings. The third-order valence-corrected chi connectivity index (χ3v) is 4.04. The molecule has 0 fully saturated rings. The summed E-state index contributed by atoms with van der Waals surface area (Å²) in [4.78, 5) is 8.40. The highest BCUT2D eigenvalue weighted by molar-refractivity contribution is 14.1. The molecule has 0 radical (unpaired) electrons. The van der Waals surface area contributed by atoms with Crippen molar-refractivity contribution in [3.05, 3.63) is 57.9 Å². The molecule has 3 rings (SSSR count). The van der Waals surface area contributed by atoms with Crippen LogP contribution < -0.4 is 10.5 Å². The molecule has 1 aromatic carbocycles. The van der Waals surface area contributed by atoms with Crippen molar-refractivity contribution in [2.24, 2.45) is 0 Å². The number of hydrogen-bond acceptors (Lipinski definition) is 5. The van der Waals surface area contributed by atoms with Crippen LogP contribution >= 0.6 is 22.6 Å². The van der Waals surface area contributed by atoms with Crippen molar-refractivity contribution < 1.29 is 9.15 Å². The van der Waals surface area contributed by atoms with Gasteiger partial charge in [-0.2, -0.15) is 4.98 Å². The Labute approximate surface area is 141 Å². The van der Waals surface area contributed by atoms with Gasteiger partial charge in [0.2, 0.25) is 11.8 Å². The number of halogens is 1. The first kappa shape index (κ1) is 14.8. The molecule has 5 nitrogen and oxygen atoms in total. The molecule has 0 saturated heterocycles. The second-order valence-corrected chi connectivity index (χ2v) is 5.69. The van der Waals surface area contributed by atoms with Gasteiger partial charge in [-0.1, -0.05) is 30.3 Å². The van der Waals surface area contributed by atoms with Gasteiger partial charge in [0.1, 0.15) is 9.26 Å². The normalized spacial score (nSPS) is 10.6. The third-order valence-electron chi connectivity index (χ3n) is 3.07. The van der Waals surface area contributed by atoms with Gasteiger partial charge in [-0.05, 0) is 40.3 Å². The second kappa shape index (κ2) is 6.78. The van der Waals surface area contributed by atoms with Crippen LogP contribution in [-0.2, 0) is 6.42 Å². The molecule has 0 bridgehead atoms. The maximum absolute atomic E-state index is 5.78. The maximum Gasteiger partial charge on any atom is 0.232 e. The summed E-state index contributed by atoms with van der Waals surface area (Å²) in [6.45, 7) is 0.522. The minimum atomic E-state index is 0.168. The third kappa shape index (κ3) is 3.38. The fourth-order valence-corrected chi connectivity index (χ4v) is 2.69. The van der Waals surface area contributed by atoms with E-state index in [1.54, 1.807) is 12.3 Å². The largest absolute Gasteiger partial charge is 0.476 e. The van der Waals surface area contributed by atoms with Gasteiger partial charge in [0.25, 0.3) is 0 Å². The standard InChI is InChI=1S/C16H14IN3O2/c17-13-14(12-7-4-9-21-12)19-16(18)20-15(13)22-10-8-11-5-2-1-3-6-11/h1-7,9H,8,10H2,(H2,18,19,20). The predicted octanol–water partition coefficient (Wildman–Crippen LogP) is 3.54. The summed E-state index contributed by atoms with van der Waals surface area (Å²) in [7, 11) is 0. The molecule has 0 spiro atoms. The summed E-state index contributed by atoms with van der Waals surface area (Å²) < 4.78 is 11.9. The SMILES string of the molecule is Nc1nc(OCCc2ccccc2)c(I)c(-c2ccco2)n1. The Kier molecular flexibility index (Phi) is 4.57. The number of aromatic nitrogens is 2. The van der Waals surface area contributed by atoms with E-state index >= 15 is 0 Å². The maximum atomic E-state index is 5.78.